The number of nitrogens with one attached hydrogen (secondary N) is 1. The molecule has 1 aromatic rings. The van der Waals surface area contributed by atoms with Gasteiger partial charge in [-0.3, -0.25) is 0 Å². The van der Waals surface area contributed by atoms with E-state index in [2.05, 4.69) is 4.72 Å². The molecule has 2 rings (SSSR count). The predicted octanol–water partition coefficient (Wildman–Crippen LogP) is 2.08. The van der Waals surface area contributed by atoms with E-state index in [4.69, 9.17) is 20.9 Å². The summed E-state index contributed by atoms with van der Waals surface area (Å²) in [5.74, 6) is 0.415. The lowest BCUT2D eigenvalue weighted by atomic mass is 9.79. The topological polar surface area (TPSA) is 64.6 Å². The second-order valence-corrected chi connectivity index (χ2v) is 9.64. The third-order valence-electron chi connectivity index (χ3n) is 4.79. The van der Waals surface area contributed by atoms with Crippen molar-refractivity contribution in [3.05, 3.63) is 29.8 Å². The zero-order valence-electron chi connectivity index (χ0n) is 15.3. The average molecular weight is 388 g/mol. The Morgan fingerprint density at radius 2 is 1.64 bits per heavy atom. The minimum absolute atomic E-state index is 0.0668. The van der Waals surface area contributed by atoms with Crippen LogP contribution in [0.4, 0.5) is 0 Å². The van der Waals surface area contributed by atoms with Crippen LogP contribution in [0.15, 0.2) is 24.3 Å². The summed E-state index contributed by atoms with van der Waals surface area (Å²) < 4.78 is 38.1. The van der Waals surface area contributed by atoms with Gasteiger partial charge in [0.25, 0.3) is 0 Å². The fourth-order valence-electron chi connectivity index (χ4n) is 2.49. The van der Waals surface area contributed by atoms with E-state index in [1.54, 1.807) is 0 Å². The van der Waals surface area contributed by atoms with Gasteiger partial charge in [0.1, 0.15) is 0 Å². The normalized spacial score (nSPS) is 19.3. The maximum absolute atomic E-state index is 11.7. The van der Waals surface area contributed by atoms with Crippen LogP contribution in [0, 0.1) is 0 Å². The fourth-order valence-corrected chi connectivity index (χ4v) is 3.86. The van der Waals surface area contributed by atoms with Crippen LogP contribution < -0.4 is 10.2 Å². The second-order valence-electron chi connectivity index (χ2n) is 7.34. The van der Waals surface area contributed by atoms with Crippen LogP contribution >= 0.6 is 11.6 Å². The van der Waals surface area contributed by atoms with E-state index < -0.39 is 10.0 Å². The molecule has 1 saturated heterocycles. The first-order valence-corrected chi connectivity index (χ1v) is 10.7. The van der Waals surface area contributed by atoms with Gasteiger partial charge in [-0.1, -0.05) is 24.3 Å². The summed E-state index contributed by atoms with van der Waals surface area (Å²) in [6.07, 6.45) is 1.09. The van der Waals surface area contributed by atoms with Crippen LogP contribution in [0.1, 0.15) is 39.7 Å². The Labute approximate surface area is 156 Å². The number of benzene rings is 1. The Hall–Kier alpha value is -0.595. The number of rotatable bonds is 8. The van der Waals surface area contributed by atoms with E-state index in [0.29, 0.717) is 25.3 Å². The van der Waals surface area contributed by atoms with Gasteiger partial charge in [-0.2, -0.15) is 0 Å². The van der Waals surface area contributed by atoms with E-state index in [9.17, 15) is 8.42 Å². The molecule has 1 aliphatic rings. The van der Waals surface area contributed by atoms with E-state index in [1.807, 2.05) is 52.0 Å². The largest absolute Gasteiger partial charge is 0.494 e. The summed E-state index contributed by atoms with van der Waals surface area (Å²) in [7, 11) is -3.62. The van der Waals surface area contributed by atoms with Crippen molar-refractivity contribution in [3.63, 3.8) is 0 Å². The SMILES string of the molecule is CC1(C)OB(c2ccc(CCNS(=O)(=O)CCCCl)cc2)OC1(C)C. The van der Waals surface area contributed by atoms with Crippen molar-refractivity contribution >= 4 is 34.2 Å². The molecule has 0 spiro atoms. The van der Waals surface area contributed by atoms with Crippen molar-refractivity contribution < 1.29 is 17.7 Å². The molecule has 5 nitrogen and oxygen atoms in total. The number of halogens is 1. The molecule has 0 radical (unpaired) electrons. The standard InChI is InChI=1S/C17H27BClNO4S/c1-16(2)17(3,4)24-18(23-16)15-8-6-14(7-9-15)10-12-20-25(21,22)13-5-11-19/h6-9,20H,5,10-13H2,1-4H3. The van der Waals surface area contributed by atoms with E-state index in [-0.39, 0.29) is 24.1 Å². The van der Waals surface area contributed by atoms with Crippen molar-refractivity contribution in [3.8, 4) is 0 Å². The highest BCUT2D eigenvalue weighted by atomic mass is 35.5. The van der Waals surface area contributed by atoms with Crippen LogP contribution in [0.2, 0.25) is 0 Å². The van der Waals surface area contributed by atoms with Gasteiger partial charge in [0, 0.05) is 12.4 Å². The van der Waals surface area contributed by atoms with Crippen molar-refractivity contribution in [1.29, 1.82) is 0 Å². The number of hydrogen-bond donors (Lipinski definition) is 1. The van der Waals surface area contributed by atoms with Crippen molar-refractivity contribution in [1.82, 2.24) is 4.72 Å². The molecular formula is C17H27BClNO4S. The summed E-state index contributed by atoms with van der Waals surface area (Å²) >= 11 is 5.53. The fraction of sp³-hybridized carbons (Fsp3) is 0.647. The molecule has 0 aliphatic carbocycles. The molecule has 0 bridgehead atoms. The molecule has 1 aromatic carbocycles. The quantitative estimate of drug-likeness (QED) is 0.548. The third kappa shape index (κ3) is 5.44. The Morgan fingerprint density at radius 3 is 2.16 bits per heavy atom. The first-order chi connectivity index (χ1) is 11.6. The van der Waals surface area contributed by atoms with Crippen molar-refractivity contribution in [2.45, 2.75) is 51.7 Å². The zero-order valence-corrected chi connectivity index (χ0v) is 16.9. The first-order valence-electron chi connectivity index (χ1n) is 8.54. The highest BCUT2D eigenvalue weighted by molar-refractivity contribution is 7.89. The molecule has 140 valence electrons. The zero-order chi connectivity index (χ0) is 18.7. The van der Waals surface area contributed by atoms with Crippen molar-refractivity contribution in [2.75, 3.05) is 18.2 Å². The summed E-state index contributed by atoms with van der Waals surface area (Å²) in [4.78, 5) is 0. The van der Waals surface area contributed by atoms with Gasteiger partial charge in [0.05, 0.1) is 17.0 Å². The number of alkyl halides is 1. The van der Waals surface area contributed by atoms with Gasteiger partial charge >= 0.3 is 7.12 Å². The maximum Gasteiger partial charge on any atom is 0.494 e. The number of hydrogen-bond acceptors (Lipinski definition) is 4. The molecule has 25 heavy (non-hydrogen) atoms. The molecule has 1 N–H and O–H groups in total. The molecule has 1 aliphatic heterocycles. The lowest BCUT2D eigenvalue weighted by Crippen LogP contribution is -2.41. The van der Waals surface area contributed by atoms with Crippen LogP contribution in [0.3, 0.4) is 0 Å². The van der Waals surface area contributed by atoms with Crippen LogP contribution in [0.5, 0.6) is 0 Å². The Morgan fingerprint density at radius 1 is 1.08 bits per heavy atom. The minimum atomic E-state index is -3.24. The van der Waals surface area contributed by atoms with Crippen LogP contribution in [-0.4, -0.2) is 44.9 Å². The second kappa shape index (κ2) is 7.97. The Balaban J connectivity index is 1.89. The monoisotopic (exact) mass is 387 g/mol. The maximum atomic E-state index is 11.7. The minimum Gasteiger partial charge on any atom is -0.399 e. The first kappa shape index (κ1) is 20.7. The smallest absolute Gasteiger partial charge is 0.399 e. The highest BCUT2D eigenvalue weighted by Gasteiger charge is 2.51. The van der Waals surface area contributed by atoms with E-state index >= 15 is 0 Å². The van der Waals surface area contributed by atoms with Gasteiger partial charge in [-0.25, -0.2) is 13.1 Å². The molecule has 0 unspecified atom stereocenters. The summed E-state index contributed by atoms with van der Waals surface area (Å²) in [5, 5.41) is 0. The Bertz CT molecular complexity index is 660. The predicted molar refractivity (Wildman–Crippen MR) is 103 cm³/mol. The lowest BCUT2D eigenvalue weighted by Gasteiger charge is -2.32. The molecular weight excluding hydrogens is 361 g/mol. The van der Waals surface area contributed by atoms with Gasteiger partial charge in [0.15, 0.2) is 0 Å². The molecule has 0 saturated carbocycles. The summed E-state index contributed by atoms with van der Waals surface area (Å²) in [5.41, 5.74) is 1.29. The van der Waals surface area contributed by atoms with Gasteiger partial charge < -0.3 is 9.31 Å². The van der Waals surface area contributed by atoms with Gasteiger partial charge in [-0.05, 0) is 51.6 Å². The highest BCUT2D eigenvalue weighted by Crippen LogP contribution is 2.36. The van der Waals surface area contributed by atoms with Gasteiger partial charge in [-0.15, -0.1) is 11.6 Å². The molecule has 1 heterocycles. The third-order valence-corrected chi connectivity index (χ3v) is 6.52. The molecule has 8 heteroatoms. The van der Waals surface area contributed by atoms with Crippen LogP contribution in [0.25, 0.3) is 0 Å². The molecule has 0 amide bonds. The van der Waals surface area contributed by atoms with E-state index in [0.717, 1.165) is 11.0 Å². The average Bonchev–Trinajstić information content (AvgIpc) is 2.74. The summed E-state index contributed by atoms with van der Waals surface area (Å²) in [6, 6.07) is 7.90. The van der Waals surface area contributed by atoms with Gasteiger partial charge in [0.2, 0.25) is 10.0 Å². The number of sulfonamides is 1. The molecule has 1 fully saturated rings. The lowest BCUT2D eigenvalue weighted by molar-refractivity contribution is 0.00578. The Kier molecular flexibility index (Phi) is 6.60. The van der Waals surface area contributed by atoms with Crippen molar-refractivity contribution in [2.24, 2.45) is 0 Å². The molecule has 0 atom stereocenters. The summed E-state index contributed by atoms with van der Waals surface area (Å²) in [6.45, 7) is 8.48. The molecule has 0 aromatic heterocycles. The van der Waals surface area contributed by atoms with E-state index in [1.165, 1.54) is 0 Å². The van der Waals surface area contributed by atoms with Crippen LogP contribution in [-0.2, 0) is 25.8 Å².